The zero-order valence-electron chi connectivity index (χ0n) is 26.9. The molecule has 0 saturated heterocycles. The lowest BCUT2D eigenvalue weighted by Crippen LogP contribution is -2.06. The maximum atomic E-state index is 6.39. The van der Waals surface area contributed by atoms with Crippen molar-refractivity contribution in [1.82, 2.24) is 19.5 Å². The molecule has 50 heavy (non-hydrogen) atoms. The largest absolute Gasteiger partial charge is 0.455 e. The first-order valence-electron chi connectivity index (χ1n) is 16.7. The topological polar surface area (TPSA) is 56.7 Å². The molecule has 10 aromatic rings. The molecule has 3 heterocycles. The Bertz CT molecular complexity index is 2810. The number of furan rings is 1. The van der Waals surface area contributed by atoms with Crippen LogP contribution in [0.15, 0.2) is 174 Å². The maximum absolute atomic E-state index is 6.39. The minimum atomic E-state index is 0.581. The number of para-hydroxylation sites is 3. The summed E-state index contributed by atoms with van der Waals surface area (Å²) in [6.07, 6.45) is 0. The summed E-state index contributed by atoms with van der Waals surface area (Å²) in [6.45, 7) is 0. The van der Waals surface area contributed by atoms with Crippen LogP contribution in [0.3, 0.4) is 0 Å². The van der Waals surface area contributed by atoms with Gasteiger partial charge in [-0.25, -0.2) is 4.98 Å². The molecule has 5 heteroatoms. The zero-order valence-corrected chi connectivity index (χ0v) is 26.9. The Hall–Kier alpha value is -6.85. The third-order valence-corrected chi connectivity index (χ3v) is 9.47. The fourth-order valence-electron chi connectivity index (χ4n) is 7.11. The van der Waals surface area contributed by atoms with Crippen LogP contribution in [0.5, 0.6) is 0 Å². The fourth-order valence-corrected chi connectivity index (χ4v) is 7.11. The molecule has 0 aliphatic rings. The van der Waals surface area contributed by atoms with E-state index in [2.05, 4.69) is 102 Å². The normalized spacial score (nSPS) is 11.6. The average Bonchev–Trinajstić information content (AvgIpc) is 3.74. The summed E-state index contributed by atoms with van der Waals surface area (Å²) in [5.41, 5.74) is 10.2. The van der Waals surface area contributed by atoms with Crippen LogP contribution in [-0.4, -0.2) is 19.5 Å². The van der Waals surface area contributed by atoms with E-state index >= 15 is 0 Å². The van der Waals surface area contributed by atoms with Gasteiger partial charge in [0.05, 0.1) is 11.0 Å². The minimum absolute atomic E-state index is 0.581. The number of hydrogen-bond donors (Lipinski definition) is 0. The van der Waals surface area contributed by atoms with Crippen LogP contribution in [0.4, 0.5) is 0 Å². The molecule has 0 saturated carbocycles. The van der Waals surface area contributed by atoms with E-state index in [4.69, 9.17) is 19.4 Å². The predicted octanol–water partition coefficient (Wildman–Crippen LogP) is 11.5. The van der Waals surface area contributed by atoms with Gasteiger partial charge in [0.2, 0.25) is 5.95 Å². The molecule has 5 nitrogen and oxygen atoms in total. The van der Waals surface area contributed by atoms with E-state index in [0.717, 1.165) is 77.1 Å². The van der Waals surface area contributed by atoms with E-state index in [1.807, 2.05) is 72.8 Å². The monoisotopic (exact) mass is 640 g/mol. The molecular formula is C45H28N4O. The van der Waals surface area contributed by atoms with E-state index in [1.54, 1.807) is 0 Å². The molecule has 0 bridgehead atoms. The Morgan fingerprint density at radius 2 is 0.960 bits per heavy atom. The van der Waals surface area contributed by atoms with Crippen molar-refractivity contribution in [2.45, 2.75) is 0 Å². The molecule has 0 aliphatic carbocycles. The Morgan fingerprint density at radius 1 is 0.380 bits per heavy atom. The minimum Gasteiger partial charge on any atom is -0.455 e. The van der Waals surface area contributed by atoms with Crippen LogP contribution in [0.25, 0.3) is 94.7 Å². The first-order chi connectivity index (χ1) is 24.8. The molecule has 0 unspecified atom stereocenters. The molecule has 0 radical (unpaired) electrons. The van der Waals surface area contributed by atoms with Crippen LogP contribution in [0.1, 0.15) is 0 Å². The fraction of sp³-hybridized carbons (Fsp3) is 0. The van der Waals surface area contributed by atoms with Gasteiger partial charge in [0, 0.05) is 38.2 Å². The number of hydrogen-bond acceptors (Lipinski definition) is 4. The van der Waals surface area contributed by atoms with E-state index in [0.29, 0.717) is 17.6 Å². The Balaban J connectivity index is 1.14. The first-order valence-corrected chi connectivity index (χ1v) is 16.7. The van der Waals surface area contributed by atoms with Crippen molar-refractivity contribution in [1.29, 1.82) is 0 Å². The summed E-state index contributed by atoms with van der Waals surface area (Å²) in [5, 5.41) is 4.52. The summed E-state index contributed by atoms with van der Waals surface area (Å²) in [7, 11) is 0. The lowest BCUT2D eigenvalue weighted by Gasteiger charge is -2.11. The number of fused-ring (bicyclic) bond motifs is 6. The Kier molecular flexibility index (Phi) is 6.42. The number of benzene rings is 7. The third kappa shape index (κ3) is 4.60. The van der Waals surface area contributed by atoms with Gasteiger partial charge in [-0.3, -0.25) is 4.57 Å². The molecule has 0 spiro atoms. The van der Waals surface area contributed by atoms with Crippen LogP contribution in [0, 0.1) is 0 Å². The number of aromatic nitrogens is 4. The van der Waals surface area contributed by atoms with Crippen LogP contribution < -0.4 is 0 Å². The smallest absolute Gasteiger partial charge is 0.238 e. The number of rotatable bonds is 5. The van der Waals surface area contributed by atoms with Gasteiger partial charge in [-0.2, -0.15) is 9.97 Å². The lowest BCUT2D eigenvalue weighted by atomic mass is 9.97. The van der Waals surface area contributed by atoms with Crippen molar-refractivity contribution in [3.63, 3.8) is 0 Å². The van der Waals surface area contributed by atoms with Crippen molar-refractivity contribution in [2.24, 2.45) is 0 Å². The van der Waals surface area contributed by atoms with Gasteiger partial charge in [-0.05, 0) is 47.0 Å². The molecule has 0 N–H and O–H groups in total. The molecule has 7 aromatic carbocycles. The quantitative estimate of drug-likeness (QED) is 0.188. The highest BCUT2D eigenvalue weighted by Crippen LogP contribution is 2.39. The second-order valence-corrected chi connectivity index (χ2v) is 12.5. The third-order valence-electron chi connectivity index (χ3n) is 9.47. The summed E-state index contributed by atoms with van der Waals surface area (Å²) < 4.78 is 8.55. The van der Waals surface area contributed by atoms with Gasteiger partial charge in [-0.15, -0.1) is 0 Å². The van der Waals surface area contributed by atoms with Crippen LogP contribution in [-0.2, 0) is 0 Å². The van der Waals surface area contributed by atoms with Crippen molar-refractivity contribution in [3.8, 4) is 51.0 Å². The molecule has 234 valence electrons. The molecule has 0 aliphatic heterocycles. The highest BCUT2D eigenvalue weighted by molar-refractivity contribution is 6.11. The Labute approximate surface area is 287 Å². The Morgan fingerprint density at radius 3 is 1.74 bits per heavy atom. The van der Waals surface area contributed by atoms with E-state index < -0.39 is 0 Å². The van der Waals surface area contributed by atoms with Gasteiger partial charge < -0.3 is 4.42 Å². The highest BCUT2D eigenvalue weighted by Gasteiger charge is 2.19. The summed E-state index contributed by atoms with van der Waals surface area (Å²) in [5.74, 6) is 1.85. The number of nitrogens with zero attached hydrogens (tertiary/aromatic N) is 4. The molecular weight excluding hydrogens is 613 g/mol. The maximum Gasteiger partial charge on any atom is 0.238 e. The second-order valence-electron chi connectivity index (χ2n) is 12.5. The van der Waals surface area contributed by atoms with Crippen LogP contribution >= 0.6 is 0 Å². The van der Waals surface area contributed by atoms with Crippen molar-refractivity contribution < 1.29 is 4.42 Å². The SMILES string of the molecule is c1ccc(-c2nc(-c3ccccc3)nc(-n3c4ccccc4c4cc(-c5cccc(-c6cccc7c6oc6ccccc67)c5)ccc43)n2)cc1. The van der Waals surface area contributed by atoms with Crippen LogP contribution in [0.2, 0.25) is 0 Å². The van der Waals surface area contributed by atoms with E-state index in [1.165, 1.54) is 0 Å². The van der Waals surface area contributed by atoms with Gasteiger partial charge in [0.15, 0.2) is 11.6 Å². The predicted molar refractivity (Wildman–Crippen MR) is 203 cm³/mol. The van der Waals surface area contributed by atoms with Gasteiger partial charge in [0.25, 0.3) is 0 Å². The summed E-state index contributed by atoms with van der Waals surface area (Å²) >= 11 is 0. The average molecular weight is 641 g/mol. The molecule has 0 amide bonds. The van der Waals surface area contributed by atoms with E-state index in [9.17, 15) is 0 Å². The highest BCUT2D eigenvalue weighted by atomic mass is 16.3. The summed E-state index contributed by atoms with van der Waals surface area (Å²) in [4.78, 5) is 15.1. The molecule has 3 aromatic heterocycles. The molecule has 0 fully saturated rings. The van der Waals surface area contributed by atoms with Gasteiger partial charge in [0.1, 0.15) is 11.2 Å². The summed E-state index contributed by atoms with van der Waals surface area (Å²) in [6, 6.07) is 58.6. The van der Waals surface area contributed by atoms with Crippen molar-refractivity contribution >= 4 is 43.7 Å². The zero-order chi connectivity index (χ0) is 33.0. The molecule has 0 atom stereocenters. The van der Waals surface area contributed by atoms with Crippen molar-refractivity contribution in [3.05, 3.63) is 170 Å². The van der Waals surface area contributed by atoms with Gasteiger partial charge in [-0.1, -0.05) is 140 Å². The van der Waals surface area contributed by atoms with E-state index in [-0.39, 0.29) is 0 Å². The molecule has 10 rings (SSSR count). The second kappa shape index (κ2) is 11.4. The van der Waals surface area contributed by atoms with Gasteiger partial charge >= 0.3 is 0 Å². The lowest BCUT2D eigenvalue weighted by molar-refractivity contribution is 0.670. The van der Waals surface area contributed by atoms with Crippen molar-refractivity contribution in [2.75, 3.05) is 0 Å². The first kappa shape index (κ1) is 28.2. The standard InChI is InChI=1S/C45H28N4O/c1-3-13-29(14-4-1)43-46-44(30-15-5-2-6-16-30)48-45(47-43)49-39-23-9-7-19-35(39)38-28-32(25-26-40(38)49)31-17-11-18-33(27-31)34-21-12-22-37-36-20-8-10-24-41(36)50-42(34)37/h1-28H.